The molecule has 5 nitrogen and oxygen atoms in total. The molecule has 1 amide bonds. The van der Waals surface area contributed by atoms with Crippen molar-refractivity contribution in [3.8, 4) is 0 Å². The number of carbonyl (C=O) groups is 1. The normalized spacial score (nSPS) is 16.1. The van der Waals surface area contributed by atoms with E-state index in [0.717, 1.165) is 37.1 Å². The molecule has 0 spiro atoms. The van der Waals surface area contributed by atoms with Crippen LogP contribution < -0.4 is 10.9 Å². The van der Waals surface area contributed by atoms with E-state index < -0.39 is 17.6 Å². The molecule has 142 valence electrons. The number of carbonyl (C=O) groups excluding carboxylic acids is 1. The molecule has 27 heavy (non-hydrogen) atoms. The largest absolute Gasteiger partial charge is 0.416 e. The molecule has 0 unspecified atom stereocenters. The molecular formula is C19H18F3N3O2. The number of pyridine rings is 1. The maximum absolute atomic E-state index is 12.6. The third-order valence-corrected chi connectivity index (χ3v) is 4.44. The molecule has 0 aliphatic heterocycles. The average molecular weight is 377 g/mol. The highest BCUT2D eigenvalue weighted by molar-refractivity contribution is 6.07. The first-order valence-corrected chi connectivity index (χ1v) is 8.40. The van der Waals surface area contributed by atoms with Gasteiger partial charge in [0.2, 0.25) is 5.56 Å². The number of benzene rings is 1. The monoisotopic (exact) mass is 377 g/mol. The minimum Gasteiger partial charge on any atom is -0.310 e. The molecular weight excluding hydrogens is 359 g/mol. The van der Waals surface area contributed by atoms with Crippen molar-refractivity contribution < 1.29 is 18.0 Å². The number of nitrogens with zero attached hydrogens (tertiary/aromatic N) is 1. The quantitative estimate of drug-likeness (QED) is 0.623. The number of amides is 1. The first kappa shape index (κ1) is 18.9. The molecule has 1 aromatic heterocycles. The molecule has 0 radical (unpaired) electrons. The van der Waals surface area contributed by atoms with Crippen LogP contribution in [0.4, 0.5) is 19.0 Å². The van der Waals surface area contributed by atoms with Crippen LogP contribution in [0.15, 0.2) is 52.3 Å². The number of amidine groups is 1. The van der Waals surface area contributed by atoms with E-state index in [9.17, 15) is 22.8 Å². The van der Waals surface area contributed by atoms with Crippen molar-refractivity contribution in [2.75, 3.05) is 0 Å². The Bertz CT molecular complexity index is 926. The Labute approximate surface area is 153 Å². The van der Waals surface area contributed by atoms with Crippen molar-refractivity contribution >= 4 is 17.6 Å². The van der Waals surface area contributed by atoms with Crippen LogP contribution in [0.2, 0.25) is 0 Å². The van der Waals surface area contributed by atoms with Crippen LogP contribution in [0.25, 0.3) is 0 Å². The Morgan fingerprint density at radius 1 is 1.19 bits per heavy atom. The van der Waals surface area contributed by atoms with Gasteiger partial charge in [0.25, 0.3) is 5.91 Å². The fraction of sp³-hybridized carbons (Fsp3) is 0.316. The Hall–Kier alpha value is -2.90. The molecule has 0 bridgehead atoms. The molecule has 0 saturated heterocycles. The highest BCUT2D eigenvalue weighted by atomic mass is 19.4. The van der Waals surface area contributed by atoms with Crippen LogP contribution in [0.5, 0.6) is 0 Å². The Kier molecular flexibility index (Phi) is 4.91. The molecule has 2 N–H and O–H groups in total. The van der Waals surface area contributed by atoms with Gasteiger partial charge in [-0.15, -0.1) is 0 Å². The Morgan fingerprint density at radius 2 is 1.85 bits per heavy atom. The van der Waals surface area contributed by atoms with Crippen LogP contribution in [0.1, 0.15) is 42.1 Å². The van der Waals surface area contributed by atoms with Gasteiger partial charge in [0.05, 0.1) is 5.56 Å². The second kappa shape index (κ2) is 7.02. The van der Waals surface area contributed by atoms with Crippen LogP contribution in [0, 0.1) is 5.41 Å². The number of rotatable bonds is 4. The lowest BCUT2D eigenvalue weighted by atomic mass is 10.0. The zero-order chi connectivity index (χ0) is 19.7. The van der Waals surface area contributed by atoms with Crippen molar-refractivity contribution in [3.05, 3.63) is 63.9 Å². The number of hydrogen-bond acceptors (Lipinski definition) is 3. The molecule has 1 aliphatic rings. The van der Waals surface area contributed by atoms with Crippen molar-refractivity contribution in [2.45, 2.75) is 32.4 Å². The summed E-state index contributed by atoms with van der Waals surface area (Å²) in [6.45, 7) is 2.06. The maximum atomic E-state index is 12.6. The first-order chi connectivity index (χ1) is 12.6. The van der Waals surface area contributed by atoms with E-state index in [1.54, 1.807) is 12.1 Å². The predicted octanol–water partition coefficient (Wildman–Crippen LogP) is 4.04. The third-order valence-electron chi connectivity index (χ3n) is 4.44. The van der Waals surface area contributed by atoms with Gasteiger partial charge in [-0.3, -0.25) is 9.59 Å². The van der Waals surface area contributed by atoms with Gasteiger partial charge in [0, 0.05) is 18.1 Å². The standard InChI is InChI=1S/C19H18F3N3O2/c1-18(9-10-18)11-15(23-14-3-2-4-16(26)24-14)25-17(27)12-5-7-13(8-6-12)19(20,21)22/h2-8H,9-11H2,1H3,(H2,23,24,25,26,27). The summed E-state index contributed by atoms with van der Waals surface area (Å²) in [5.41, 5.74) is -1.01. The van der Waals surface area contributed by atoms with Crippen molar-refractivity contribution in [1.82, 2.24) is 10.3 Å². The highest BCUT2D eigenvalue weighted by Gasteiger charge is 2.38. The second-order valence-corrected chi connectivity index (χ2v) is 6.98. The summed E-state index contributed by atoms with van der Waals surface area (Å²) in [4.78, 5) is 30.7. The summed E-state index contributed by atoms with van der Waals surface area (Å²) in [6.07, 6.45) is -1.97. The summed E-state index contributed by atoms with van der Waals surface area (Å²) in [5.74, 6) is 0.112. The SMILES string of the molecule is CC1(CC(=Nc2cccc(=O)[nH]2)NC(=O)c2ccc(C(F)(F)F)cc2)CC1. The summed E-state index contributed by atoms with van der Waals surface area (Å²) in [5, 5.41) is 2.66. The van der Waals surface area contributed by atoms with Crippen LogP contribution in [-0.2, 0) is 6.18 Å². The van der Waals surface area contributed by atoms with Crippen LogP contribution in [0.3, 0.4) is 0 Å². The minimum atomic E-state index is -4.46. The number of aliphatic imine (C=N–C) groups is 1. The fourth-order valence-corrected chi connectivity index (χ4v) is 2.57. The van der Waals surface area contributed by atoms with E-state index in [0.29, 0.717) is 18.1 Å². The van der Waals surface area contributed by atoms with Gasteiger partial charge < -0.3 is 10.3 Å². The lowest BCUT2D eigenvalue weighted by Crippen LogP contribution is -2.32. The number of aromatic nitrogens is 1. The van der Waals surface area contributed by atoms with E-state index in [-0.39, 0.29) is 16.5 Å². The molecule has 8 heteroatoms. The second-order valence-electron chi connectivity index (χ2n) is 6.98. The zero-order valence-electron chi connectivity index (χ0n) is 14.6. The van der Waals surface area contributed by atoms with Gasteiger partial charge in [0.1, 0.15) is 11.7 Å². The molecule has 0 atom stereocenters. The summed E-state index contributed by atoms with van der Waals surface area (Å²) < 4.78 is 37.9. The van der Waals surface area contributed by atoms with Gasteiger partial charge in [0.15, 0.2) is 0 Å². The minimum absolute atomic E-state index is 0.0291. The van der Waals surface area contributed by atoms with E-state index in [1.807, 2.05) is 0 Å². The summed E-state index contributed by atoms with van der Waals surface area (Å²) >= 11 is 0. The van der Waals surface area contributed by atoms with Gasteiger partial charge in [-0.2, -0.15) is 13.2 Å². The molecule has 1 heterocycles. The van der Waals surface area contributed by atoms with Crippen molar-refractivity contribution in [2.24, 2.45) is 10.4 Å². The predicted molar refractivity (Wildman–Crippen MR) is 95.0 cm³/mol. The smallest absolute Gasteiger partial charge is 0.310 e. The first-order valence-electron chi connectivity index (χ1n) is 8.40. The van der Waals surface area contributed by atoms with Crippen molar-refractivity contribution in [1.29, 1.82) is 0 Å². The zero-order valence-corrected chi connectivity index (χ0v) is 14.6. The molecule has 3 rings (SSSR count). The lowest BCUT2D eigenvalue weighted by Gasteiger charge is -2.13. The topological polar surface area (TPSA) is 74.3 Å². The summed E-state index contributed by atoms with van der Waals surface area (Å²) in [7, 11) is 0. The van der Waals surface area contributed by atoms with Crippen LogP contribution >= 0.6 is 0 Å². The molecule has 1 aliphatic carbocycles. The lowest BCUT2D eigenvalue weighted by molar-refractivity contribution is -0.137. The van der Waals surface area contributed by atoms with Crippen LogP contribution in [-0.4, -0.2) is 16.7 Å². The number of aromatic amines is 1. The number of halogens is 3. The van der Waals surface area contributed by atoms with E-state index in [2.05, 4.69) is 22.2 Å². The van der Waals surface area contributed by atoms with Gasteiger partial charge in [-0.25, -0.2) is 4.99 Å². The molecule has 1 aromatic carbocycles. The molecule has 1 saturated carbocycles. The van der Waals surface area contributed by atoms with E-state index in [1.165, 1.54) is 6.07 Å². The van der Waals surface area contributed by atoms with Gasteiger partial charge in [-0.05, 0) is 48.6 Å². The number of hydrogen-bond donors (Lipinski definition) is 2. The molecule has 2 aromatic rings. The number of alkyl halides is 3. The van der Waals surface area contributed by atoms with Crippen molar-refractivity contribution in [3.63, 3.8) is 0 Å². The fourth-order valence-electron chi connectivity index (χ4n) is 2.57. The Morgan fingerprint density at radius 3 is 2.41 bits per heavy atom. The highest BCUT2D eigenvalue weighted by Crippen LogP contribution is 2.48. The van der Waals surface area contributed by atoms with E-state index in [4.69, 9.17) is 0 Å². The third kappa shape index (κ3) is 5.06. The van der Waals surface area contributed by atoms with Gasteiger partial charge >= 0.3 is 6.18 Å². The summed E-state index contributed by atoms with van der Waals surface area (Å²) in [6, 6.07) is 8.47. The Balaban J connectivity index is 1.81. The molecule has 1 fully saturated rings. The van der Waals surface area contributed by atoms with E-state index >= 15 is 0 Å². The maximum Gasteiger partial charge on any atom is 0.416 e. The number of H-pyrrole nitrogens is 1. The van der Waals surface area contributed by atoms with Gasteiger partial charge in [-0.1, -0.05) is 13.0 Å². The number of nitrogens with one attached hydrogen (secondary N) is 2. The average Bonchev–Trinajstić information content (AvgIpc) is 3.31.